The van der Waals surface area contributed by atoms with Gasteiger partial charge in [-0.05, 0) is 108 Å². The van der Waals surface area contributed by atoms with E-state index in [1.54, 1.807) is 34.0 Å². The number of nitrogens with two attached hydrogens (primary N) is 10. The fourth-order valence-electron chi connectivity index (χ4n) is 8.09. The van der Waals surface area contributed by atoms with E-state index >= 15 is 0 Å². The molecular weight excluding hydrogens is 1160 g/mol. The summed E-state index contributed by atoms with van der Waals surface area (Å²) in [6.07, 6.45) is 1.07. The fraction of sp³-hybridized carbons (Fsp3) is 0.706. The lowest BCUT2D eigenvalue weighted by atomic mass is 10.0. The Hall–Kier alpha value is -8.28. The smallest absolute Gasteiger partial charge is 0.326 e. The number of aliphatic imine (C=N–C) groups is 3. The van der Waals surface area contributed by atoms with Gasteiger partial charge in [-0.1, -0.05) is 27.7 Å². The first-order valence-electron chi connectivity index (χ1n) is 28.4. The van der Waals surface area contributed by atoms with E-state index in [0.29, 0.717) is 18.6 Å². The van der Waals surface area contributed by atoms with E-state index in [1.807, 2.05) is 0 Å². The van der Waals surface area contributed by atoms with Crippen molar-refractivity contribution in [1.82, 2.24) is 47.9 Å². The molecule has 0 aromatic heterocycles. The number of nitrogens with one attached hydrogen (secondary N) is 9. The molecule has 36 heteroatoms. The third kappa shape index (κ3) is 34.5. The number of hydrogen-bond donors (Lipinski definition) is 20. The molecule has 0 unspecified atom stereocenters. The van der Waals surface area contributed by atoms with Crippen LogP contribution in [0.25, 0.3) is 0 Å². The number of hydrogen-bond acceptors (Lipinski definition) is 18. The molecule has 0 radical (unpaired) electrons. The molecule has 0 bridgehead atoms. The molecule has 494 valence electrons. The quantitative estimate of drug-likeness (QED) is 0.0153. The highest BCUT2D eigenvalue weighted by molar-refractivity contribution is 7.98. The minimum absolute atomic E-state index is 0.000854. The summed E-state index contributed by atoms with van der Waals surface area (Å²) >= 11 is 1.38. The summed E-state index contributed by atoms with van der Waals surface area (Å²) in [5.74, 6) is -12.7. The van der Waals surface area contributed by atoms with Gasteiger partial charge in [0, 0.05) is 19.6 Å². The van der Waals surface area contributed by atoms with Gasteiger partial charge in [0.2, 0.25) is 65.0 Å². The Kier molecular flexibility index (Phi) is 38.5. The molecule has 30 N–H and O–H groups in total. The molecule has 0 aliphatic rings. The van der Waals surface area contributed by atoms with Gasteiger partial charge in [0.25, 0.3) is 0 Å². The number of amides is 11. The molecule has 0 aromatic carbocycles. The number of rotatable bonds is 45. The molecule has 0 aromatic rings. The first kappa shape index (κ1) is 78.7. The summed E-state index contributed by atoms with van der Waals surface area (Å²) in [5.41, 5.74) is 55.1. The third-order valence-corrected chi connectivity index (χ3v) is 13.3. The summed E-state index contributed by atoms with van der Waals surface area (Å²) in [7, 11) is 0. The normalized spacial score (nSPS) is 14.4. The Balaban J connectivity index is 6.99. The van der Waals surface area contributed by atoms with Crippen molar-refractivity contribution < 1.29 is 62.6 Å². The summed E-state index contributed by atoms with van der Waals surface area (Å²) in [4.78, 5) is 172. The molecule has 35 nitrogen and oxygen atoms in total. The topological polar surface area (TPSA) is 631 Å². The third-order valence-electron chi connectivity index (χ3n) is 12.7. The highest BCUT2D eigenvalue weighted by Gasteiger charge is 2.36. The zero-order chi connectivity index (χ0) is 66.5. The molecule has 0 spiro atoms. The van der Waals surface area contributed by atoms with Crippen LogP contribution >= 0.6 is 11.8 Å². The number of nitrogens with zero attached hydrogens (tertiary/aromatic N) is 3. The van der Waals surface area contributed by atoms with Crippen LogP contribution in [0.3, 0.4) is 0 Å². The minimum Gasteiger partial charge on any atom is -0.480 e. The van der Waals surface area contributed by atoms with Crippen molar-refractivity contribution in [2.75, 3.05) is 38.2 Å². The molecule has 11 amide bonds. The maximum absolute atomic E-state index is 14.3. The van der Waals surface area contributed by atoms with Crippen molar-refractivity contribution in [3.8, 4) is 0 Å². The minimum atomic E-state index is -1.78. The molecule has 0 saturated carbocycles. The van der Waals surface area contributed by atoms with Gasteiger partial charge < -0.3 is 110 Å². The van der Waals surface area contributed by atoms with Gasteiger partial charge in [-0.15, -0.1) is 0 Å². The number of primary amides is 2. The SMILES string of the molecule is CSCC[C@H](NC(=O)[C@@H](N)CC(N)=O)C(=O)N[C@@H](CC(C)C)C(=O)N[C@@H](CCCCN)C(=O)N[C@@H](CCCN=C(N)N)C(=O)N[C@@H](C)C(=O)N[C@@H](CCCN=C(N)N)C(=O)N[C@@H](CC(N)=O)C(=O)N[C@@H](CCCN=C(N)N)C(=O)N[C@H](C(=O)O)C(C)C. The van der Waals surface area contributed by atoms with Crippen molar-refractivity contribution in [3.63, 3.8) is 0 Å². The average molecular weight is 1260 g/mol. The number of carboxylic acid groups (broad SMARTS) is 1. The van der Waals surface area contributed by atoms with Crippen LogP contribution < -0.4 is 105 Å². The molecule has 0 rings (SSSR count). The van der Waals surface area contributed by atoms with E-state index in [4.69, 9.17) is 57.3 Å². The van der Waals surface area contributed by atoms with Crippen LogP contribution in [0.4, 0.5) is 0 Å². The number of carbonyl (C=O) groups excluding carboxylic acids is 11. The van der Waals surface area contributed by atoms with Crippen LogP contribution in [0.5, 0.6) is 0 Å². The molecule has 10 atom stereocenters. The molecular formula is C51H96N22O13S. The Labute approximate surface area is 510 Å². The van der Waals surface area contributed by atoms with Crippen LogP contribution in [0.15, 0.2) is 15.0 Å². The highest BCUT2D eigenvalue weighted by atomic mass is 32.2. The van der Waals surface area contributed by atoms with Crippen molar-refractivity contribution in [3.05, 3.63) is 0 Å². The highest BCUT2D eigenvalue weighted by Crippen LogP contribution is 2.12. The van der Waals surface area contributed by atoms with Crippen molar-refractivity contribution in [2.45, 2.75) is 179 Å². The first-order valence-corrected chi connectivity index (χ1v) is 29.8. The number of carbonyl (C=O) groups is 12. The Morgan fingerprint density at radius 2 is 0.770 bits per heavy atom. The standard InChI is InChI=1S/C51H96N22O13S/c1-25(2)22-34(71-44(81)33(16-21-87-6)67-40(77)28(53)23-36(54)74)46(83)69-29(12-7-8-17-52)42(79)68-30(13-9-18-62-49(56)57)41(78)65-27(5)39(76)66-31(14-10-19-63-50(58)59)43(80)72-35(24-37(55)75)47(84)70-32(15-11-20-64-51(60)61)45(82)73-38(26(3)4)48(85)86/h25-35,38H,7-24,52-53H2,1-6H3,(H2,54,74)(H2,55,75)(H,65,78)(H,66,76)(H,67,77)(H,68,79)(H,69,83)(H,70,84)(H,71,81)(H,72,80)(H,73,82)(H,85,86)(H4,56,57,62)(H4,58,59,63)(H4,60,61,64)/t27-,28-,29-,30-,31-,32-,33-,34-,35-,38-/m0/s1. The van der Waals surface area contributed by atoms with E-state index in [9.17, 15) is 62.6 Å². The number of carboxylic acids is 1. The van der Waals surface area contributed by atoms with Gasteiger partial charge in [-0.2, -0.15) is 11.8 Å². The number of guanidine groups is 3. The summed E-state index contributed by atoms with van der Waals surface area (Å²) in [5, 5.41) is 32.4. The van der Waals surface area contributed by atoms with E-state index in [2.05, 4.69) is 62.8 Å². The maximum Gasteiger partial charge on any atom is 0.326 e. The van der Waals surface area contributed by atoms with Crippen LogP contribution in [-0.4, -0.2) is 193 Å². The van der Waals surface area contributed by atoms with Crippen LogP contribution in [-0.2, 0) is 57.5 Å². The molecule has 87 heavy (non-hydrogen) atoms. The average Bonchev–Trinajstić information content (AvgIpc) is 2.17. The van der Waals surface area contributed by atoms with Crippen LogP contribution in [0, 0.1) is 11.8 Å². The van der Waals surface area contributed by atoms with Crippen LogP contribution in [0.2, 0.25) is 0 Å². The lowest BCUT2D eigenvalue weighted by molar-refractivity contribution is -0.143. The van der Waals surface area contributed by atoms with Crippen molar-refractivity contribution in [2.24, 2.45) is 84.1 Å². The van der Waals surface area contributed by atoms with Gasteiger partial charge in [0.1, 0.15) is 54.4 Å². The zero-order valence-corrected chi connectivity index (χ0v) is 51.3. The number of aliphatic carboxylic acids is 1. The van der Waals surface area contributed by atoms with Gasteiger partial charge in [0.05, 0.1) is 18.9 Å². The van der Waals surface area contributed by atoms with Crippen LogP contribution in [0.1, 0.15) is 118 Å². The second-order valence-corrected chi connectivity index (χ2v) is 22.2. The number of unbranched alkanes of at least 4 members (excludes halogenated alkanes) is 1. The predicted octanol–water partition coefficient (Wildman–Crippen LogP) is -7.72. The molecule has 0 aliphatic heterocycles. The Morgan fingerprint density at radius 1 is 0.425 bits per heavy atom. The summed E-state index contributed by atoms with van der Waals surface area (Å²) in [6, 6.07) is -14.2. The Morgan fingerprint density at radius 3 is 1.15 bits per heavy atom. The zero-order valence-electron chi connectivity index (χ0n) is 50.5. The van der Waals surface area contributed by atoms with E-state index < -0.39 is 150 Å². The molecule has 0 aliphatic carbocycles. The van der Waals surface area contributed by atoms with E-state index in [-0.39, 0.29) is 108 Å². The van der Waals surface area contributed by atoms with Gasteiger partial charge in [-0.3, -0.25) is 67.7 Å². The fourth-order valence-corrected chi connectivity index (χ4v) is 8.56. The Bertz CT molecular complexity index is 2390. The summed E-state index contributed by atoms with van der Waals surface area (Å²) in [6.45, 7) is 8.05. The van der Waals surface area contributed by atoms with Gasteiger partial charge in [0.15, 0.2) is 17.9 Å². The van der Waals surface area contributed by atoms with E-state index in [1.165, 1.54) is 18.7 Å². The molecule has 0 saturated heterocycles. The van der Waals surface area contributed by atoms with Gasteiger partial charge in [-0.25, -0.2) is 4.79 Å². The number of thioether (sulfide) groups is 1. The summed E-state index contributed by atoms with van der Waals surface area (Å²) < 4.78 is 0. The van der Waals surface area contributed by atoms with Gasteiger partial charge >= 0.3 is 5.97 Å². The van der Waals surface area contributed by atoms with Crippen molar-refractivity contribution >= 4 is 101 Å². The second kappa shape index (κ2) is 42.5. The monoisotopic (exact) mass is 1260 g/mol. The second-order valence-electron chi connectivity index (χ2n) is 21.2. The van der Waals surface area contributed by atoms with Crippen molar-refractivity contribution in [1.29, 1.82) is 0 Å². The lowest BCUT2D eigenvalue weighted by Crippen LogP contribution is -2.60. The largest absolute Gasteiger partial charge is 0.480 e. The predicted molar refractivity (Wildman–Crippen MR) is 326 cm³/mol. The molecule has 0 fully saturated rings. The van der Waals surface area contributed by atoms with E-state index in [0.717, 1.165) is 0 Å². The first-order chi connectivity index (χ1) is 40.7. The maximum atomic E-state index is 14.3. The lowest BCUT2D eigenvalue weighted by Gasteiger charge is -2.28. The molecule has 0 heterocycles.